The highest BCUT2D eigenvalue weighted by Gasteiger charge is 2.27. The molecule has 1 aromatic heterocycles. The Morgan fingerprint density at radius 1 is 1.27 bits per heavy atom. The van der Waals surface area contributed by atoms with Gasteiger partial charge >= 0.3 is 0 Å². The van der Waals surface area contributed by atoms with Crippen LogP contribution in [-0.4, -0.2) is 46.1 Å². The van der Waals surface area contributed by atoms with E-state index < -0.39 is 4.92 Å². The fraction of sp³-hybridized carbons (Fsp3) is 0.318. The topological polar surface area (TPSA) is 124 Å². The van der Waals surface area contributed by atoms with E-state index in [1.54, 1.807) is 0 Å². The van der Waals surface area contributed by atoms with E-state index >= 15 is 0 Å². The van der Waals surface area contributed by atoms with Crippen LogP contribution in [-0.2, 0) is 11.3 Å². The smallest absolute Gasteiger partial charge is 0.271 e. The maximum Gasteiger partial charge on any atom is 0.271 e. The number of hydrogen-bond donors (Lipinski definition) is 1. The van der Waals surface area contributed by atoms with Gasteiger partial charge in [-0.1, -0.05) is 21.1 Å². The molecule has 0 aliphatic carbocycles. The largest absolute Gasteiger partial charge is 0.495 e. The van der Waals surface area contributed by atoms with E-state index in [-0.39, 0.29) is 17.5 Å². The molecule has 10 nitrogen and oxygen atoms in total. The quantitative estimate of drug-likeness (QED) is 0.365. The number of aromatic nitrogens is 2. The lowest BCUT2D eigenvalue weighted by Gasteiger charge is -2.30. The summed E-state index contributed by atoms with van der Waals surface area (Å²) < 4.78 is 11.6. The minimum atomic E-state index is -0.507. The minimum Gasteiger partial charge on any atom is -0.495 e. The van der Waals surface area contributed by atoms with Gasteiger partial charge in [0, 0.05) is 28.1 Å². The summed E-state index contributed by atoms with van der Waals surface area (Å²) in [5, 5.41) is 17.9. The monoisotopic (exact) mass is 515 g/mol. The Morgan fingerprint density at radius 2 is 2.00 bits per heavy atom. The number of piperidine rings is 1. The lowest BCUT2D eigenvalue weighted by Crippen LogP contribution is -2.37. The zero-order valence-corrected chi connectivity index (χ0v) is 19.4. The molecule has 1 N–H and O–H groups in total. The number of nitrogens with zero attached hydrogens (tertiary/aromatic N) is 4. The maximum atomic E-state index is 12.8. The molecule has 11 heteroatoms. The maximum absolute atomic E-state index is 12.8. The molecule has 1 aliphatic rings. The van der Waals surface area contributed by atoms with Gasteiger partial charge in [-0.2, -0.15) is 4.98 Å². The van der Waals surface area contributed by atoms with Crippen LogP contribution in [0.4, 0.5) is 11.4 Å². The van der Waals surface area contributed by atoms with E-state index in [1.807, 2.05) is 24.3 Å². The molecular formula is C22H22BrN5O5. The van der Waals surface area contributed by atoms with Crippen molar-refractivity contribution in [3.8, 4) is 17.1 Å². The zero-order valence-electron chi connectivity index (χ0n) is 17.9. The number of nitro groups is 1. The van der Waals surface area contributed by atoms with Crippen molar-refractivity contribution in [1.82, 2.24) is 15.0 Å². The third-order valence-corrected chi connectivity index (χ3v) is 6.07. The van der Waals surface area contributed by atoms with Crippen molar-refractivity contribution in [1.29, 1.82) is 0 Å². The van der Waals surface area contributed by atoms with Crippen LogP contribution < -0.4 is 10.1 Å². The Bertz CT molecular complexity index is 1140. The van der Waals surface area contributed by atoms with E-state index in [9.17, 15) is 14.9 Å². The molecule has 1 saturated heterocycles. The van der Waals surface area contributed by atoms with Crippen molar-refractivity contribution in [2.75, 3.05) is 25.5 Å². The first-order valence-corrected chi connectivity index (χ1v) is 11.2. The van der Waals surface area contributed by atoms with Crippen LogP contribution in [0.25, 0.3) is 11.4 Å². The number of nitro benzene ring substituents is 1. The Morgan fingerprint density at radius 3 is 2.67 bits per heavy atom. The molecular weight excluding hydrogens is 494 g/mol. The highest BCUT2D eigenvalue weighted by molar-refractivity contribution is 9.10. The zero-order chi connectivity index (χ0) is 23.4. The van der Waals surface area contributed by atoms with Gasteiger partial charge in [-0.3, -0.25) is 19.8 Å². The van der Waals surface area contributed by atoms with Gasteiger partial charge in [-0.15, -0.1) is 0 Å². The first kappa shape index (κ1) is 22.9. The summed E-state index contributed by atoms with van der Waals surface area (Å²) in [6.45, 7) is 1.90. The van der Waals surface area contributed by atoms with E-state index in [4.69, 9.17) is 9.26 Å². The fourth-order valence-electron chi connectivity index (χ4n) is 3.72. The van der Waals surface area contributed by atoms with Crippen molar-refractivity contribution in [3.05, 3.63) is 62.9 Å². The first-order chi connectivity index (χ1) is 15.9. The van der Waals surface area contributed by atoms with E-state index in [1.165, 1.54) is 25.3 Å². The average molecular weight is 516 g/mol. The number of halogens is 1. The first-order valence-electron chi connectivity index (χ1n) is 10.4. The fourth-order valence-corrected chi connectivity index (χ4v) is 3.99. The Balaban J connectivity index is 1.32. The minimum absolute atomic E-state index is 0.108. The third-order valence-electron chi connectivity index (χ3n) is 5.54. The number of rotatable bonds is 7. The second-order valence-corrected chi connectivity index (χ2v) is 8.62. The summed E-state index contributed by atoms with van der Waals surface area (Å²) in [5.74, 6) is 1.06. The van der Waals surface area contributed by atoms with Crippen molar-refractivity contribution >= 4 is 33.2 Å². The lowest BCUT2D eigenvalue weighted by molar-refractivity contribution is -0.384. The molecule has 0 unspecified atom stereocenters. The number of nitrogens with one attached hydrogen (secondary N) is 1. The number of carbonyl (C=O) groups is 1. The predicted molar refractivity (Wildman–Crippen MR) is 124 cm³/mol. The molecule has 1 aliphatic heterocycles. The van der Waals surface area contributed by atoms with Gasteiger partial charge in [-0.05, 0) is 56.3 Å². The Labute approximate surface area is 198 Å². The normalized spacial score (nSPS) is 14.7. The van der Waals surface area contributed by atoms with Crippen LogP contribution in [0.3, 0.4) is 0 Å². The average Bonchev–Trinajstić information content (AvgIpc) is 3.28. The van der Waals surface area contributed by atoms with Gasteiger partial charge in [-0.25, -0.2) is 0 Å². The number of amides is 1. The second-order valence-electron chi connectivity index (χ2n) is 7.70. The highest BCUT2D eigenvalue weighted by Crippen LogP contribution is 2.30. The van der Waals surface area contributed by atoms with E-state index in [2.05, 4.69) is 36.3 Å². The van der Waals surface area contributed by atoms with E-state index in [0.29, 0.717) is 55.6 Å². The van der Waals surface area contributed by atoms with Crippen molar-refractivity contribution in [3.63, 3.8) is 0 Å². The van der Waals surface area contributed by atoms with Gasteiger partial charge in [0.05, 0.1) is 24.3 Å². The van der Waals surface area contributed by atoms with Gasteiger partial charge in [0.1, 0.15) is 5.75 Å². The lowest BCUT2D eigenvalue weighted by atomic mass is 9.95. The molecule has 172 valence electrons. The summed E-state index contributed by atoms with van der Waals surface area (Å²) in [6.07, 6.45) is 1.30. The summed E-state index contributed by atoms with van der Waals surface area (Å²) in [5.41, 5.74) is 1.06. The molecule has 0 bridgehead atoms. The molecule has 1 amide bonds. The Hall–Kier alpha value is -3.31. The van der Waals surface area contributed by atoms with E-state index in [0.717, 1.165) is 10.0 Å². The van der Waals surface area contributed by atoms with Crippen LogP contribution in [0.15, 0.2) is 51.5 Å². The number of hydrogen-bond acceptors (Lipinski definition) is 8. The molecule has 4 rings (SSSR count). The number of non-ortho nitro benzene ring substituents is 1. The van der Waals surface area contributed by atoms with Gasteiger partial charge < -0.3 is 14.6 Å². The Kier molecular flexibility index (Phi) is 6.99. The van der Waals surface area contributed by atoms with Crippen molar-refractivity contribution < 1.29 is 19.0 Å². The van der Waals surface area contributed by atoms with Gasteiger partial charge in [0.15, 0.2) is 0 Å². The third kappa shape index (κ3) is 5.55. The van der Waals surface area contributed by atoms with Crippen LogP contribution in [0.2, 0.25) is 0 Å². The molecule has 0 spiro atoms. The molecule has 0 atom stereocenters. The SMILES string of the molecule is COc1ccc([N+](=O)[O-])cc1NC(=O)C1CCN(Cc2nc(-c3ccc(Br)cc3)no2)CC1. The summed E-state index contributed by atoms with van der Waals surface area (Å²) >= 11 is 3.41. The molecule has 0 saturated carbocycles. The number of anilines is 1. The number of carbonyl (C=O) groups excluding carboxylic acids is 1. The van der Waals surface area contributed by atoms with Crippen LogP contribution in [0.5, 0.6) is 5.75 Å². The molecule has 0 radical (unpaired) electrons. The van der Waals surface area contributed by atoms with Crippen molar-refractivity contribution in [2.24, 2.45) is 5.92 Å². The summed E-state index contributed by atoms with van der Waals surface area (Å²) in [4.78, 5) is 29.9. The van der Waals surface area contributed by atoms with Crippen LogP contribution >= 0.6 is 15.9 Å². The van der Waals surface area contributed by atoms with Gasteiger partial charge in [0.25, 0.3) is 5.69 Å². The molecule has 33 heavy (non-hydrogen) atoms. The van der Waals surface area contributed by atoms with Crippen molar-refractivity contribution in [2.45, 2.75) is 19.4 Å². The summed E-state index contributed by atoms with van der Waals surface area (Å²) in [6, 6.07) is 11.8. The van der Waals surface area contributed by atoms with Crippen LogP contribution in [0, 0.1) is 16.0 Å². The number of ether oxygens (including phenoxy) is 1. The molecule has 3 aromatic rings. The standard InChI is InChI=1S/C22H22BrN5O5/c1-32-19-7-6-17(28(30)31)12-18(19)24-22(29)15-8-10-27(11-9-15)13-20-25-21(26-33-20)14-2-4-16(23)5-3-14/h2-7,12,15H,8-11,13H2,1H3,(H,24,29). The molecule has 2 aromatic carbocycles. The van der Waals surface area contributed by atoms with Crippen LogP contribution in [0.1, 0.15) is 18.7 Å². The second kappa shape index (κ2) is 10.1. The number of benzene rings is 2. The highest BCUT2D eigenvalue weighted by atomic mass is 79.9. The molecule has 1 fully saturated rings. The molecule has 2 heterocycles. The van der Waals surface area contributed by atoms with Gasteiger partial charge in [0.2, 0.25) is 17.6 Å². The number of methoxy groups -OCH3 is 1. The predicted octanol–water partition coefficient (Wildman–Crippen LogP) is 4.27. The summed E-state index contributed by atoms with van der Waals surface area (Å²) in [7, 11) is 1.45. The number of likely N-dealkylation sites (tertiary alicyclic amines) is 1.